The lowest BCUT2D eigenvalue weighted by Gasteiger charge is -2.23. The van der Waals surface area contributed by atoms with Crippen LogP contribution < -0.4 is 0 Å². The maximum absolute atomic E-state index is 8.89. The monoisotopic (exact) mass is 1090 g/mol. The highest BCUT2D eigenvalue weighted by atomic mass is 127. The lowest BCUT2D eigenvalue weighted by atomic mass is 10.0. The van der Waals surface area contributed by atoms with Gasteiger partial charge in [-0.25, -0.2) is 24.6 Å². The van der Waals surface area contributed by atoms with Gasteiger partial charge in [0.05, 0.1) is 27.7 Å². The van der Waals surface area contributed by atoms with Crippen LogP contribution >= 0.6 is 110 Å². The molecule has 0 aliphatic rings. The van der Waals surface area contributed by atoms with Crippen LogP contribution in [0.5, 0.6) is 0 Å². The fraction of sp³-hybridized carbons (Fsp3) is 1.00. The van der Waals surface area contributed by atoms with Gasteiger partial charge in [0, 0.05) is 35.6 Å². The molecule has 238 valence electrons. The number of rotatable bonds is 17. The Bertz CT molecular complexity index is 659. The molecule has 0 fully saturated rings. The van der Waals surface area contributed by atoms with Crippen molar-refractivity contribution in [1.82, 2.24) is 0 Å². The fourth-order valence-corrected chi connectivity index (χ4v) is 3.13. The second kappa shape index (κ2) is 41.6. The summed E-state index contributed by atoms with van der Waals surface area (Å²) >= 11 is -13.2. The van der Waals surface area contributed by atoms with E-state index in [9.17, 15) is 0 Å². The van der Waals surface area contributed by atoms with Crippen molar-refractivity contribution in [2.24, 2.45) is 0 Å². The maximum atomic E-state index is 8.89. The predicted octanol–water partition coefficient (Wildman–Crippen LogP) is 12.3. The van der Waals surface area contributed by atoms with E-state index in [2.05, 4.69) is 63.7 Å². The highest BCUT2D eigenvalue weighted by molar-refractivity contribution is 14.2. The first-order valence-electron chi connectivity index (χ1n) is 12.2. The summed E-state index contributed by atoms with van der Waals surface area (Å²) in [4.78, 5) is 0. The smallest absolute Gasteiger partial charge is 0.331 e. The molecule has 0 aromatic heterocycles. The van der Waals surface area contributed by atoms with Crippen LogP contribution in [0.25, 0.3) is 0 Å². The Balaban J connectivity index is -0.000000183. The largest absolute Gasteiger partial charge is 0.409 e. The Morgan fingerprint density at radius 2 is 0.553 bits per heavy atom. The number of hydrogen-bond acceptors (Lipinski definition) is 8. The predicted molar refractivity (Wildman–Crippen MR) is 187 cm³/mol. The van der Waals surface area contributed by atoms with Crippen molar-refractivity contribution in [2.75, 3.05) is 27.7 Å². The molecular weight excluding hydrogens is 1040 g/mol. The van der Waals surface area contributed by atoms with Crippen LogP contribution in [0.15, 0.2) is 0 Å². The average Bonchev–Trinajstić information content (AvgIpc) is 2.71. The quantitative estimate of drug-likeness (QED) is 0.0798. The van der Waals surface area contributed by atoms with Gasteiger partial charge in [0.25, 0.3) is 0 Å². The zero-order valence-electron chi connectivity index (χ0n) is 22.8. The van der Waals surface area contributed by atoms with E-state index in [-0.39, 0.29) is 0 Å². The molecule has 0 rings (SSSR count). The molecule has 0 spiro atoms. The second-order valence-corrected chi connectivity index (χ2v) is 19.4. The molecule has 0 radical (unpaired) electrons. The van der Waals surface area contributed by atoms with Gasteiger partial charge >= 0.3 is 74.7 Å². The Morgan fingerprint density at radius 1 is 0.395 bits per heavy atom. The summed E-state index contributed by atoms with van der Waals surface area (Å²) < 4.78 is 72.3. The van der Waals surface area contributed by atoms with Crippen molar-refractivity contribution in [3.05, 3.63) is 0 Å². The Morgan fingerprint density at radius 3 is 0.711 bits per heavy atom. The van der Waals surface area contributed by atoms with Crippen molar-refractivity contribution >= 4 is 110 Å². The molecule has 38 heavy (non-hydrogen) atoms. The first kappa shape index (κ1) is 50.1. The summed E-state index contributed by atoms with van der Waals surface area (Å²) in [5.41, 5.74) is 0. The second-order valence-electron chi connectivity index (χ2n) is 9.04. The number of hydrogen-bond donors (Lipinski definition) is 0. The number of quaternary nitrogens is 1. The van der Waals surface area contributed by atoms with Crippen LogP contribution in [0.2, 0.25) is 0 Å². The van der Waals surface area contributed by atoms with E-state index in [0.29, 0.717) is 0 Å². The van der Waals surface area contributed by atoms with E-state index in [1.54, 1.807) is 0 Å². The molecule has 0 amide bonds. The van der Waals surface area contributed by atoms with Crippen molar-refractivity contribution in [3.63, 3.8) is 0 Å². The molecule has 0 bridgehead atoms. The molecule has 0 saturated heterocycles. The van der Waals surface area contributed by atoms with E-state index in [0.717, 1.165) is 4.48 Å². The Kier molecular flexibility index (Phi) is 54.8. The molecule has 0 heterocycles. The lowest BCUT2D eigenvalue weighted by molar-refractivity contribution is -0.870. The van der Waals surface area contributed by atoms with E-state index in [1.807, 2.05) is 0 Å². The first-order chi connectivity index (χ1) is 17.5. The third kappa shape index (κ3) is 117. The highest BCUT2D eigenvalue weighted by Crippen LogP contribution is 2.14. The molecule has 0 unspecified atom stereocenters. The Labute approximate surface area is 273 Å². The fourth-order valence-electron chi connectivity index (χ4n) is 3.13. The summed E-state index contributed by atoms with van der Waals surface area (Å²) in [5, 5.41) is 0. The van der Waals surface area contributed by atoms with Gasteiger partial charge in [0.2, 0.25) is 0 Å². The van der Waals surface area contributed by atoms with Crippen LogP contribution in [0.1, 0.15) is 110 Å². The van der Waals surface area contributed by atoms with Crippen molar-refractivity contribution in [2.45, 2.75) is 110 Å². The van der Waals surface area contributed by atoms with Crippen molar-refractivity contribution in [1.29, 1.82) is 0 Å². The van der Waals surface area contributed by atoms with Gasteiger partial charge in [0.1, 0.15) is 0 Å². The third-order valence-electron chi connectivity index (χ3n) is 4.68. The van der Waals surface area contributed by atoms with Crippen LogP contribution in [-0.2, 0) is 24.6 Å². The zero-order chi connectivity index (χ0) is 30.8. The molecule has 0 N–H and O–H groups in total. The zero-order valence-corrected chi connectivity index (χ0v) is 34.4. The number of unbranched alkanes of at least 4 members (excludes halogenated alkanes) is 15. The van der Waals surface area contributed by atoms with Gasteiger partial charge < -0.3 is 4.48 Å². The number of nitrogens with zero attached hydrogens (tertiary/aromatic N) is 1. The average molecular weight is 1090 g/mol. The first-order valence-corrected chi connectivity index (χ1v) is 30.1. The summed E-state index contributed by atoms with van der Waals surface area (Å²) in [6, 6.07) is 0. The summed E-state index contributed by atoms with van der Waals surface area (Å²) in [7, 11) is 24.2. The summed E-state index contributed by atoms with van der Waals surface area (Å²) in [6.45, 7) is 3.63. The molecule has 0 saturated carbocycles. The molecule has 9 nitrogen and oxygen atoms in total. The van der Waals surface area contributed by atoms with Crippen molar-refractivity contribution < 1.29 is 29.0 Å². The highest BCUT2D eigenvalue weighted by Gasteiger charge is 2.04. The van der Waals surface area contributed by atoms with Gasteiger partial charge in [-0.1, -0.05) is 96.8 Å². The van der Waals surface area contributed by atoms with Crippen LogP contribution in [0.3, 0.4) is 0 Å². The molecule has 0 aliphatic heterocycles. The minimum Gasteiger partial charge on any atom is -0.331 e. The standard InChI is InChI=1S/C21H46N.4ClIO2/c1-5-6-7-8-9-10-11-12-13-14-15-16-17-18-19-20-21-22(2,3)4;4*1-2(3)4/h5-21H2,1-4H3;;;;/q+1;;;;. The molecule has 0 aliphatic carbocycles. The van der Waals surface area contributed by atoms with Gasteiger partial charge in [-0.2, -0.15) is 0 Å². The van der Waals surface area contributed by atoms with Crippen molar-refractivity contribution in [3.8, 4) is 0 Å². The minimum atomic E-state index is -3.29. The van der Waals surface area contributed by atoms with E-state index in [1.165, 1.54) is 109 Å². The van der Waals surface area contributed by atoms with E-state index < -0.39 is 74.7 Å². The maximum Gasteiger partial charge on any atom is 0.409 e. The normalized spacial score (nSPS) is 10.5. The number of halogens is 8. The summed E-state index contributed by atoms with van der Waals surface area (Å²) in [6.07, 6.45) is 23.4. The Hall–Kier alpha value is 2.44. The van der Waals surface area contributed by atoms with Gasteiger partial charge in [-0.05, 0) is 12.8 Å². The van der Waals surface area contributed by atoms with Gasteiger partial charge in [-0.15, -0.1) is 0 Å². The van der Waals surface area contributed by atoms with Crippen LogP contribution in [0, 0.1) is 0 Å². The van der Waals surface area contributed by atoms with Crippen LogP contribution in [-0.4, -0.2) is 32.2 Å². The SMILES string of the molecule is CCCCCCCCCCCCCCCCCC[N+](C)(C)C.O=I(=O)Cl.O=I(=O)Cl.O=I(=O)Cl.O=I(=O)Cl. The van der Waals surface area contributed by atoms with Gasteiger partial charge in [-0.3, -0.25) is 0 Å². The molecule has 0 aromatic rings. The molecular formula is C21H46Cl4I4NO8+. The van der Waals surface area contributed by atoms with Crippen LogP contribution in [0.4, 0.5) is 0 Å². The minimum absolute atomic E-state index is 1.12. The third-order valence-corrected chi connectivity index (χ3v) is 4.68. The summed E-state index contributed by atoms with van der Waals surface area (Å²) in [5.74, 6) is 0. The molecule has 0 atom stereocenters. The molecule has 17 heteroatoms. The van der Waals surface area contributed by atoms with Gasteiger partial charge in [0.15, 0.2) is 0 Å². The topological polar surface area (TPSA) is 137 Å². The van der Waals surface area contributed by atoms with E-state index in [4.69, 9.17) is 24.6 Å². The molecule has 0 aromatic carbocycles. The lowest BCUT2D eigenvalue weighted by Crippen LogP contribution is -2.35. The van der Waals surface area contributed by atoms with E-state index >= 15 is 0 Å².